The van der Waals surface area contributed by atoms with E-state index in [1.54, 1.807) is 6.66 Å². The fourth-order valence-electron chi connectivity index (χ4n) is 2.70. The van der Waals surface area contributed by atoms with Crippen molar-refractivity contribution in [1.29, 1.82) is 0 Å². The van der Waals surface area contributed by atoms with Crippen molar-refractivity contribution in [1.82, 2.24) is 0 Å². The van der Waals surface area contributed by atoms with Crippen molar-refractivity contribution in [2.75, 3.05) is 6.66 Å². The summed E-state index contributed by atoms with van der Waals surface area (Å²) in [6, 6.07) is 23.9. The molecule has 0 saturated carbocycles. The molecule has 3 heteroatoms. The number of para-hydroxylation sites is 1. The maximum atomic E-state index is 12.4. The van der Waals surface area contributed by atoms with E-state index in [9.17, 15) is 4.57 Å². The van der Waals surface area contributed by atoms with Crippen LogP contribution in [0.15, 0.2) is 72.8 Å². The summed E-state index contributed by atoms with van der Waals surface area (Å²) in [7, 11) is -2.71. The van der Waals surface area contributed by atoms with Crippen molar-refractivity contribution >= 4 is 12.7 Å². The van der Waals surface area contributed by atoms with Gasteiger partial charge in [-0.05, 0) is 31.5 Å². The molecule has 24 heavy (non-hydrogen) atoms. The molecule has 1 atom stereocenters. The lowest BCUT2D eigenvalue weighted by atomic mass is 10.0. The van der Waals surface area contributed by atoms with Crippen LogP contribution in [0.25, 0.3) is 11.1 Å². The minimum Gasteiger partial charge on any atom is -0.439 e. The summed E-state index contributed by atoms with van der Waals surface area (Å²) in [5, 5.41) is 0.814. The van der Waals surface area contributed by atoms with Gasteiger partial charge in [-0.3, -0.25) is 4.57 Å². The van der Waals surface area contributed by atoms with Gasteiger partial charge < -0.3 is 4.52 Å². The lowest BCUT2D eigenvalue weighted by molar-refractivity contribution is 0.497. The molecule has 1 aliphatic rings. The lowest BCUT2D eigenvalue weighted by Gasteiger charge is -2.25. The van der Waals surface area contributed by atoms with E-state index in [4.69, 9.17) is 4.52 Å². The number of rotatable bonds is 0. The number of hydrogen-bond acceptors (Lipinski definition) is 2. The van der Waals surface area contributed by atoms with Gasteiger partial charge in [-0.2, -0.15) is 0 Å². The molecular weight excluding hydrogens is 315 g/mol. The van der Waals surface area contributed by atoms with Gasteiger partial charge in [-0.25, -0.2) is 0 Å². The van der Waals surface area contributed by atoms with Crippen LogP contribution in [0.5, 0.6) is 5.75 Å². The summed E-state index contributed by atoms with van der Waals surface area (Å²) >= 11 is 0. The molecule has 3 aromatic rings. The Labute approximate surface area is 143 Å². The molecule has 4 rings (SSSR count). The fraction of sp³-hybridized carbons (Fsp3) is 0.143. The van der Waals surface area contributed by atoms with Gasteiger partial charge in [0.15, 0.2) is 0 Å². The summed E-state index contributed by atoms with van der Waals surface area (Å²) in [5.41, 5.74) is 4.70. The molecule has 0 N–H and O–H groups in total. The summed E-state index contributed by atoms with van der Waals surface area (Å²) in [5.74, 6) is 0.715. The third-order valence-electron chi connectivity index (χ3n) is 4.01. The summed E-state index contributed by atoms with van der Waals surface area (Å²) in [4.78, 5) is 0. The Kier molecular flexibility index (Phi) is 4.59. The van der Waals surface area contributed by atoms with Gasteiger partial charge in [0.25, 0.3) is 7.37 Å². The van der Waals surface area contributed by atoms with Gasteiger partial charge in [0.2, 0.25) is 0 Å². The quantitative estimate of drug-likeness (QED) is 0.501. The van der Waals surface area contributed by atoms with Gasteiger partial charge in [-0.15, -0.1) is 0 Å². The van der Waals surface area contributed by atoms with Crippen LogP contribution in [0.4, 0.5) is 0 Å². The minimum absolute atomic E-state index is 0.715. The largest absolute Gasteiger partial charge is 0.439 e. The predicted octanol–water partition coefficient (Wildman–Crippen LogP) is 5.58. The van der Waals surface area contributed by atoms with E-state index in [1.165, 1.54) is 11.1 Å². The number of benzene rings is 3. The van der Waals surface area contributed by atoms with Crippen LogP contribution in [-0.2, 0) is 4.57 Å². The van der Waals surface area contributed by atoms with Crippen molar-refractivity contribution in [3.8, 4) is 16.9 Å². The molecular formula is C21H21O2P. The van der Waals surface area contributed by atoms with E-state index in [2.05, 4.69) is 38.1 Å². The van der Waals surface area contributed by atoms with Gasteiger partial charge in [0.05, 0.1) is 5.30 Å². The molecule has 1 unspecified atom stereocenters. The molecule has 0 fully saturated rings. The zero-order chi connectivity index (χ0) is 17.2. The highest BCUT2D eigenvalue weighted by Crippen LogP contribution is 2.51. The van der Waals surface area contributed by atoms with Crippen molar-refractivity contribution < 1.29 is 9.09 Å². The summed E-state index contributed by atoms with van der Waals surface area (Å²) in [6.45, 7) is 5.86. The lowest BCUT2D eigenvalue weighted by Crippen LogP contribution is -2.16. The third-order valence-corrected chi connectivity index (χ3v) is 5.82. The molecule has 122 valence electrons. The first kappa shape index (κ1) is 16.5. The average Bonchev–Trinajstić information content (AvgIpc) is 2.58. The highest BCUT2D eigenvalue weighted by molar-refractivity contribution is 7.67. The summed E-state index contributed by atoms with van der Waals surface area (Å²) < 4.78 is 18.0. The van der Waals surface area contributed by atoms with Crippen LogP contribution in [0.1, 0.15) is 11.1 Å². The molecule has 0 aliphatic carbocycles. The smallest absolute Gasteiger partial charge is 0.274 e. The van der Waals surface area contributed by atoms with Crippen molar-refractivity contribution in [2.45, 2.75) is 13.8 Å². The van der Waals surface area contributed by atoms with Gasteiger partial charge in [-0.1, -0.05) is 71.8 Å². The van der Waals surface area contributed by atoms with Crippen LogP contribution < -0.4 is 9.83 Å². The fourth-order valence-corrected chi connectivity index (χ4v) is 4.32. The Balaban J connectivity index is 0.000000179. The highest BCUT2D eigenvalue weighted by atomic mass is 31.2. The maximum absolute atomic E-state index is 12.4. The Morgan fingerprint density at radius 3 is 1.83 bits per heavy atom. The van der Waals surface area contributed by atoms with Gasteiger partial charge >= 0.3 is 0 Å². The molecule has 0 bridgehead atoms. The third kappa shape index (κ3) is 3.44. The van der Waals surface area contributed by atoms with Crippen LogP contribution in [0.2, 0.25) is 0 Å². The van der Waals surface area contributed by atoms with E-state index < -0.39 is 7.37 Å². The second kappa shape index (κ2) is 6.67. The Morgan fingerprint density at radius 2 is 1.21 bits per heavy atom. The van der Waals surface area contributed by atoms with Crippen LogP contribution in [-0.4, -0.2) is 6.66 Å². The van der Waals surface area contributed by atoms with Crippen molar-refractivity contribution in [2.24, 2.45) is 0 Å². The zero-order valence-electron chi connectivity index (χ0n) is 14.2. The van der Waals surface area contributed by atoms with Crippen LogP contribution in [0, 0.1) is 13.8 Å². The monoisotopic (exact) mass is 336 g/mol. The topological polar surface area (TPSA) is 26.3 Å². The summed E-state index contributed by atoms with van der Waals surface area (Å²) in [6.07, 6.45) is 0. The molecule has 0 amide bonds. The molecule has 2 nitrogen and oxygen atoms in total. The standard InChI is InChI=1S/C13H11O2P.C8H10/c1-16(14)13-9-5-3-7-11(13)10-6-2-4-8-12(10)15-16;1-7-3-5-8(2)6-4-7/h2-9H,1H3;3-6H,1-2H3. The predicted molar refractivity (Wildman–Crippen MR) is 102 cm³/mol. The zero-order valence-corrected chi connectivity index (χ0v) is 15.1. The van der Waals surface area contributed by atoms with E-state index in [0.29, 0.717) is 5.75 Å². The van der Waals surface area contributed by atoms with Crippen LogP contribution >= 0.6 is 7.37 Å². The van der Waals surface area contributed by atoms with Gasteiger partial charge in [0, 0.05) is 12.2 Å². The number of fused-ring (bicyclic) bond motifs is 3. The first-order valence-electron chi connectivity index (χ1n) is 7.97. The minimum atomic E-state index is -2.71. The van der Waals surface area contributed by atoms with Crippen molar-refractivity contribution in [3.63, 3.8) is 0 Å². The molecule has 0 radical (unpaired) electrons. The highest BCUT2D eigenvalue weighted by Gasteiger charge is 2.30. The van der Waals surface area contributed by atoms with Gasteiger partial charge in [0.1, 0.15) is 5.75 Å². The Bertz CT molecular complexity index is 877. The average molecular weight is 336 g/mol. The molecule has 0 saturated heterocycles. The second-order valence-electron chi connectivity index (χ2n) is 6.11. The molecule has 3 aromatic carbocycles. The van der Waals surface area contributed by atoms with E-state index >= 15 is 0 Å². The normalized spacial score (nSPS) is 17.6. The molecule has 1 heterocycles. The number of hydrogen-bond donors (Lipinski definition) is 0. The Hall–Kier alpha value is -2.31. The second-order valence-corrected chi connectivity index (χ2v) is 8.46. The molecule has 0 aromatic heterocycles. The molecule has 0 spiro atoms. The van der Waals surface area contributed by atoms with E-state index in [1.807, 2.05) is 48.5 Å². The van der Waals surface area contributed by atoms with E-state index in [0.717, 1.165) is 16.4 Å². The van der Waals surface area contributed by atoms with E-state index in [-0.39, 0.29) is 0 Å². The maximum Gasteiger partial charge on any atom is 0.274 e. The number of aryl methyl sites for hydroxylation is 2. The van der Waals surface area contributed by atoms with Crippen molar-refractivity contribution in [3.05, 3.63) is 83.9 Å². The van der Waals surface area contributed by atoms with Crippen LogP contribution in [0.3, 0.4) is 0 Å². The first-order valence-corrected chi connectivity index (χ1v) is 10.0. The SMILES string of the molecule is CP1(=O)Oc2ccccc2-c2ccccc21.Cc1ccc(C)cc1. The Morgan fingerprint density at radius 1 is 0.708 bits per heavy atom. The first-order chi connectivity index (χ1) is 11.5. The molecule has 1 aliphatic heterocycles.